The van der Waals surface area contributed by atoms with E-state index in [9.17, 15) is 5.11 Å². The van der Waals surface area contributed by atoms with Gasteiger partial charge in [0.05, 0.1) is 6.10 Å². The number of hydrogen-bond acceptors (Lipinski definition) is 4. The van der Waals surface area contributed by atoms with E-state index in [0.717, 1.165) is 16.6 Å². The van der Waals surface area contributed by atoms with Crippen molar-refractivity contribution in [3.63, 3.8) is 0 Å². The van der Waals surface area contributed by atoms with Crippen LogP contribution >= 0.6 is 0 Å². The lowest BCUT2D eigenvalue weighted by atomic mass is 10.1. The summed E-state index contributed by atoms with van der Waals surface area (Å²) in [4.78, 5) is 4.24. The molecule has 0 fully saturated rings. The zero-order valence-corrected chi connectivity index (χ0v) is 9.14. The highest BCUT2D eigenvalue weighted by Gasteiger charge is 2.05. The highest BCUT2D eigenvalue weighted by molar-refractivity contribution is 6.00. The molecule has 0 aliphatic carbocycles. The fourth-order valence-corrected chi connectivity index (χ4v) is 1.64. The van der Waals surface area contributed by atoms with E-state index in [1.807, 2.05) is 24.3 Å². The first kappa shape index (κ1) is 10.7. The van der Waals surface area contributed by atoms with Gasteiger partial charge in [-0.2, -0.15) is 0 Å². The van der Waals surface area contributed by atoms with Crippen LogP contribution in [0.1, 0.15) is 6.92 Å². The molecule has 2 aromatic rings. The molecular formula is C12H15N3O. The molecule has 1 aromatic carbocycles. The smallest absolute Gasteiger partial charge is 0.135 e. The number of hydrogen-bond donors (Lipinski definition) is 3. The summed E-state index contributed by atoms with van der Waals surface area (Å²) in [5, 5.41) is 14.3. The average molecular weight is 217 g/mol. The van der Waals surface area contributed by atoms with Gasteiger partial charge in [0, 0.05) is 23.8 Å². The molecule has 1 aromatic heterocycles. The number of aliphatic hydroxyl groups is 1. The van der Waals surface area contributed by atoms with Crippen LogP contribution in [0.3, 0.4) is 0 Å². The summed E-state index contributed by atoms with van der Waals surface area (Å²) < 4.78 is 0. The Morgan fingerprint density at radius 2 is 2.25 bits per heavy atom. The quantitative estimate of drug-likeness (QED) is 0.683. The summed E-state index contributed by atoms with van der Waals surface area (Å²) in [6.45, 7) is 2.18. The fourth-order valence-electron chi connectivity index (χ4n) is 1.64. The van der Waals surface area contributed by atoms with Crippen molar-refractivity contribution in [1.82, 2.24) is 4.98 Å². The first-order chi connectivity index (χ1) is 7.68. The molecule has 84 valence electrons. The van der Waals surface area contributed by atoms with E-state index in [2.05, 4.69) is 10.3 Å². The van der Waals surface area contributed by atoms with Gasteiger partial charge in [0.1, 0.15) is 5.82 Å². The van der Waals surface area contributed by atoms with Crippen molar-refractivity contribution in [2.75, 3.05) is 17.6 Å². The largest absolute Gasteiger partial charge is 0.398 e. The second kappa shape index (κ2) is 4.37. The molecule has 0 spiro atoms. The lowest BCUT2D eigenvalue weighted by Gasteiger charge is -2.11. The van der Waals surface area contributed by atoms with Crippen LogP contribution in [-0.2, 0) is 0 Å². The molecule has 1 unspecified atom stereocenters. The Labute approximate surface area is 94.1 Å². The highest BCUT2D eigenvalue weighted by atomic mass is 16.3. The van der Waals surface area contributed by atoms with Gasteiger partial charge in [-0.15, -0.1) is 0 Å². The van der Waals surface area contributed by atoms with Crippen LogP contribution in [0.2, 0.25) is 0 Å². The molecular weight excluding hydrogens is 202 g/mol. The van der Waals surface area contributed by atoms with Gasteiger partial charge in [-0.3, -0.25) is 0 Å². The van der Waals surface area contributed by atoms with Gasteiger partial charge >= 0.3 is 0 Å². The average Bonchev–Trinajstić information content (AvgIpc) is 2.26. The number of benzene rings is 1. The van der Waals surface area contributed by atoms with E-state index in [-0.39, 0.29) is 0 Å². The van der Waals surface area contributed by atoms with E-state index in [4.69, 9.17) is 5.73 Å². The second-order valence-corrected chi connectivity index (χ2v) is 3.83. The number of rotatable bonds is 3. The number of nitrogens with one attached hydrogen (secondary N) is 1. The van der Waals surface area contributed by atoms with Crippen LogP contribution in [0, 0.1) is 0 Å². The third kappa shape index (κ3) is 2.06. The molecule has 1 atom stereocenters. The number of nitrogen functional groups attached to an aromatic ring is 1. The van der Waals surface area contributed by atoms with Crippen molar-refractivity contribution < 1.29 is 5.11 Å². The molecule has 0 aliphatic rings. The third-order valence-electron chi connectivity index (χ3n) is 2.39. The van der Waals surface area contributed by atoms with Crippen molar-refractivity contribution in [2.24, 2.45) is 0 Å². The topological polar surface area (TPSA) is 71.2 Å². The maximum Gasteiger partial charge on any atom is 0.135 e. The minimum Gasteiger partial charge on any atom is -0.398 e. The number of pyridine rings is 1. The lowest BCUT2D eigenvalue weighted by Crippen LogP contribution is -2.16. The van der Waals surface area contributed by atoms with E-state index < -0.39 is 6.10 Å². The molecule has 4 N–H and O–H groups in total. The Morgan fingerprint density at radius 1 is 1.44 bits per heavy atom. The van der Waals surface area contributed by atoms with Crippen LogP contribution in [0.4, 0.5) is 11.5 Å². The van der Waals surface area contributed by atoms with Crippen molar-refractivity contribution in [3.8, 4) is 0 Å². The number of fused-ring (bicyclic) bond motifs is 1. The standard InChI is InChI=1S/C12H15N3O/c1-8(16)7-15-12-11-9(5-6-14-12)3-2-4-10(11)13/h2-6,8,16H,7,13H2,1H3,(H,14,15). The van der Waals surface area contributed by atoms with Crippen LogP contribution in [-0.4, -0.2) is 22.7 Å². The summed E-state index contributed by atoms with van der Waals surface area (Å²) in [7, 11) is 0. The highest BCUT2D eigenvalue weighted by Crippen LogP contribution is 2.26. The number of nitrogens with two attached hydrogens (primary N) is 1. The molecule has 16 heavy (non-hydrogen) atoms. The number of anilines is 2. The summed E-state index contributed by atoms with van der Waals surface area (Å²) in [6, 6.07) is 7.66. The summed E-state index contributed by atoms with van der Waals surface area (Å²) in [6.07, 6.45) is 1.31. The van der Waals surface area contributed by atoms with Crippen LogP contribution in [0.25, 0.3) is 10.8 Å². The fraction of sp³-hybridized carbons (Fsp3) is 0.250. The predicted molar refractivity (Wildman–Crippen MR) is 66.3 cm³/mol. The Balaban J connectivity index is 2.44. The molecule has 0 saturated heterocycles. The van der Waals surface area contributed by atoms with Gasteiger partial charge in [-0.1, -0.05) is 12.1 Å². The third-order valence-corrected chi connectivity index (χ3v) is 2.39. The van der Waals surface area contributed by atoms with E-state index >= 15 is 0 Å². The number of aliphatic hydroxyl groups excluding tert-OH is 1. The monoisotopic (exact) mass is 217 g/mol. The van der Waals surface area contributed by atoms with Gasteiger partial charge < -0.3 is 16.2 Å². The van der Waals surface area contributed by atoms with Gasteiger partial charge in [0.2, 0.25) is 0 Å². The molecule has 0 aliphatic heterocycles. The SMILES string of the molecule is CC(O)CNc1nccc2cccc(N)c12. The van der Waals surface area contributed by atoms with Crippen LogP contribution in [0.5, 0.6) is 0 Å². The normalized spacial score (nSPS) is 12.6. The van der Waals surface area contributed by atoms with Gasteiger partial charge in [-0.25, -0.2) is 4.98 Å². The minimum absolute atomic E-state index is 0.415. The summed E-state index contributed by atoms with van der Waals surface area (Å²) >= 11 is 0. The maximum absolute atomic E-state index is 9.23. The lowest BCUT2D eigenvalue weighted by molar-refractivity contribution is 0.208. The predicted octanol–water partition coefficient (Wildman–Crippen LogP) is 1.61. The Hall–Kier alpha value is -1.81. The van der Waals surface area contributed by atoms with E-state index in [1.54, 1.807) is 13.1 Å². The zero-order valence-electron chi connectivity index (χ0n) is 9.14. The van der Waals surface area contributed by atoms with Gasteiger partial charge in [0.15, 0.2) is 0 Å². The summed E-state index contributed by atoms with van der Waals surface area (Å²) in [5.41, 5.74) is 6.61. The van der Waals surface area contributed by atoms with Crippen molar-refractivity contribution in [1.29, 1.82) is 0 Å². The maximum atomic E-state index is 9.23. The molecule has 1 heterocycles. The van der Waals surface area contributed by atoms with Crippen LogP contribution in [0.15, 0.2) is 30.5 Å². The molecule has 0 saturated carbocycles. The van der Waals surface area contributed by atoms with Crippen molar-refractivity contribution in [2.45, 2.75) is 13.0 Å². The first-order valence-corrected chi connectivity index (χ1v) is 5.23. The molecule has 4 heteroatoms. The van der Waals surface area contributed by atoms with E-state index in [0.29, 0.717) is 12.2 Å². The Kier molecular flexibility index (Phi) is 2.92. The molecule has 0 amide bonds. The Morgan fingerprint density at radius 3 is 3.00 bits per heavy atom. The van der Waals surface area contributed by atoms with E-state index in [1.165, 1.54) is 0 Å². The Bertz CT molecular complexity index is 491. The van der Waals surface area contributed by atoms with Crippen molar-refractivity contribution >= 4 is 22.3 Å². The van der Waals surface area contributed by atoms with Crippen LogP contribution < -0.4 is 11.1 Å². The van der Waals surface area contributed by atoms with Gasteiger partial charge in [-0.05, 0) is 24.4 Å². The first-order valence-electron chi connectivity index (χ1n) is 5.23. The second-order valence-electron chi connectivity index (χ2n) is 3.83. The molecule has 4 nitrogen and oxygen atoms in total. The molecule has 2 rings (SSSR count). The van der Waals surface area contributed by atoms with Crippen molar-refractivity contribution in [3.05, 3.63) is 30.5 Å². The molecule has 0 bridgehead atoms. The van der Waals surface area contributed by atoms with Gasteiger partial charge in [0.25, 0.3) is 0 Å². The zero-order chi connectivity index (χ0) is 11.5. The number of aromatic nitrogens is 1. The molecule has 0 radical (unpaired) electrons. The number of nitrogens with zero attached hydrogens (tertiary/aromatic N) is 1. The summed E-state index contributed by atoms with van der Waals surface area (Å²) in [5.74, 6) is 0.719. The minimum atomic E-state index is -0.415.